The molecule has 0 aliphatic heterocycles. The first-order valence-electron chi connectivity index (χ1n) is 8.55. The van der Waals surface area contributed by atoms with Crippen molar-refractivity contribution < 1.29 is 0 Å². The summed E-state index contributed by atoms with van der Waals surface area (Å²) in [5.74, 6) is 0.824. The summed E-state index contributed by atoms with van der Waals surface area (Å²) in [6.45, 7) is 8.15. The van der Waals surface area contributed by atoms with Gasteiger partial charge in [-0.05, 0) is 25.3 Å². The van der Waals surface area contributed by atoms with Gasteiger partial charge in [-0.25, -0.2) is 4.98 Å². The van der Waals surface area contributed by atoms with Gasteiger partial charge in [0.25, 0.3) is 0 Å². The van der Waals surface area contributed by atoms with E-state index in [0.29, 0.717) is 6.54 Å². The molecule has 1 aromatic carbocycles. The van der Waals surface area contributed by atoms with E-state index in [-0.39, 0.29) is 5.41 Å². The summed E-state index contributed by atoms with van der Waals surface area (Å²) in [5.41, 5.74) is 1.50. The highest BCUT2D eigenvalue weighted by atomic mass is 32.1. The zero-order chi connectivity index (χ0) is 17.4. The van der Waals surface area contributed by atoms with Crippen molar-refractivity contribution in [2.24, 2.45) is 4.99 Å². The van der Waals surface area contributed by atoms with Crippen LogP contribution >= 0.6 is 11.3 Å². The Bertz CT molecular complexity index is 644. The number of aryl methyl sites for hydroxylation is 1. The van der Waals surface area contributed by atoms with Crippen LogP contribution in [0.15, 0.2) is 41.5 Å². The third kappa shape index (κ3) is 4.57. The van der Waals surface area contributed by atoms with E-state index in [1.807, 2.05) is 13.2 Å². The highest BCUT2D eigenvalue weighted by Gasteiger charge is 2.28. The topological polar surface area (TPSA) is 49.3 Å². The average Bonchev–Trinajstić information content (AvgIpc) is 3.05. The lowest BCUT2D eigenvalue weighted by Gasteiger charge is -2.33. The van der Waals surface area contributed by atoms with E-state index in [9.17, 15) is 0 Å². The van der Waals surface area contributed by atoms with Gasteiger partial charge in [0.15, 0.2) is 5.96 Å². The fourth-order valence-electron chi connectivity index (χ4n) is 2.92. The molecule has 0 amide bonds. The van der Waals surface area contributed by atoms with Crippen LogP contribution in [0.2, 0.25) is 0 Å². The van der Waals surface area contributed by atoms with Crippen LogP contribution < -0.4 is 10.6 Å². The maximum Gasteiger partial charge on any atom is 0.191 e. The Morgan fingerprint density at radius 3 is 2.42 bits per heavy atom. The molecular weight excluding hydrogens is 316 g/mol. The summed E-state index contributed by atoms with van der Waals surface area (Å²) >= 11 is 1.71. The normalized spacial score (nSPS) is 12.2. The predicted molar refractivity (Wildman–Crippen MR) is 104 cm³/mol. The maximum atomic E-state index is 4.38. The van der Waals surface area contributed by atoms with Gasteiger partial charge in [-0.1, -0.05) is 44.2 Å². The zero-order valence-corrected chi connectivity index (χ0v) is 15.9. The smallest absolute Gasteiger partial charge is 0.191 e. The Balaban J connectivity index is 1.99. The van der Waals surface area contributed by atoms with Crippen molar-refractivity contribution in [3.05, 3.63) is 52.0 Å². The zero-order valence-electron chi connectivity index (χ0n) is 15.1. The number of aliphatic imine (C=N–C) groups is 1. The number of benzene rings is 1. The monoisotopic (exact) mass is 344 g/mol. The van der Waals surface area contributed by atoms with E-state index in [4.69, 9.17) is 0 Å². The first-order valence-corrected chi connectivity index (χ1v) is 9.36. The van der Waals surface area contributed by atoms with Crippen LogP contribution in [0.5, 0.6) is 0 Å². The molecule has 2 N–H and O–H groups in total. The van der Waals surface area contributed by atoms with Crippen molar-refractivity contribution in [3.63, 3.8) is 0 Å². The molecule has 0 saturated heterocycles. The first kappa shape index (κ1) is 18.5. The molecule has 2 rings (SSSR count). The highest BCUT2D eigenvalue weighted by Crippen LogP contribution is 2.30. The number of hydrogen-bond acceptors (Lipinski definition) is 3. The fourth-order valence-corrected chi connectivity index (χ4v) is 3.64. The number of nitrogens with one attached hydrogen (secondary N) is 2. The Labute approximate surface area is 149 Å². The van der Waals surface area contributed by atoms with Crippen LogP contribution in [0.4, 0.5) is 0 Å². The molecule has 0 aliphatic carbocycles. The fraction of sp³-hybridized carbons (Fsp3) is 0.474. The van der Waals surface area contributed by atoms with Gasteiger partial charge in [0.2, 0.25) is 0 Å². The van der Waals surface area contributed by atoms with Gasteiger partial charge in [-0.15, -0.1) is 11.3 Å². The van der Waals surface area contributed by atoms with Crippen molar-refractivity contribution in [3.8, 4) is 0 Å². The third-order valence-electron chi connectivity index (χ3n) is 4.63. The van der Waals surface area contributed by atoms with E-state index in [0.717, 1.165) is 30.4 Å². The molecular formula is C19H28N4S. The van der Waals surface area contributed by atoms with Gasteiger partial charge >= 0.3 is 0 Å². The molecule has 2 aromatic rings. The van der Waals surface area contributed by atoms with Crippen LogP contribution in [0, 0.1) is 6.92 Å². The number of guanidine groups is 1. The van der Waals surface area contributed by atoms with Crippen molar-refractivity contribution in [2.75, 3.05) is 13.6 Å². The molecule has 0 saturated carbocycles. The number of nitrogens with zero attached hydrogens (tertiary/aromatic N) is 2. The summed E-state index contributed by atoms with van der Waals surface area (Å²) in [6.07, 6.45) is 4.08. The van der Waals surface area contributed by atoms with Crippen molar-refractivity contribution in [1.29, 1.82) is 0 Å². The predicted octanol–water partition coefficient (Wildman–Crippen LogP) is 3.87. The van der Waals surface area contributed by atoms with Gasteiger partial charge in [-0.2, -0.15) is 0 Å². The van der Waals surface area contributed by atoms with E-state index < -0.39 is 0 Å². The highest BCUT2D eigenvalue weighted by molar-refractivity contribution is 7.11. The Hall–Kier alpha value is -1.88. The molecule has 0 bridgehead atoms. The Morgan fingerprint density at radius 2 is 1.88 bits per heavy atom. The number of thiazole rings is 1. The molecule has 4 nitrogen and oxygen atoms in total. The van der Waals surface area contributed by atoms with Gasteiger partial charge in [0.05, 0.1) is 6.54 Å². The number of hydrogen-bond donors (Lipinski definition) is 2. The molecule has 24 heavy (non-hydrogen) atoms. The minimum atomic E-state index is 0.122. The van der Waals surface area contributed by atoms with E-state index >= 15 is 0 Å². The van der Waals surface area contributed by atoms with Crippen molar-refractivity contribution in [2.45, 2.75) is 45.6 Å². The van der Waals surface area contributed by atoms with Crippen LogP contribution in [0.3, 0.4) is 0 Å². The first-order chi connectivity index (χ1) is 11.6. The van der Waals surface area contributed by atoms with Gasteiger partial charge in [-0.3, -0.25) is 4.99 Å². The number of aromatic nitrogens is 1. The second-order valence-corrected chi connectivity index (χ2v) is 7.32. The molecule has 0 spiro atoms. The summed E-state index contributed by atoms with van der Waals surface area (Å²) in [4.78, 5) is 9.96. The van der Waals surface area contributed by atoms with Crippen LogP contribution in [-0.2, 0) is 12.0 Å². The van der Waals surface area contributed by atoms with Gasteiger partial charge in [0.1, 0.15) is 5.01 Å². The lowest BCUT2D eigenvalue weighted by Crippen LogP contribution is -2.45. The third-order valence-corrected chi connectivity index (χ3v) is 5.55. The molecule has 130 valence electrons. The molecule has 1 aromatic heterocycles. The molecule has 1 heterocycles. The Kier molecular flexibility index (Phi) is 6.79. The maximum absolute atomic E-state index is 4.38. The van der Waals surface area contributed by atoms with Crippen molar-refractivity contribution in [1.82, 2.24) is 15.6 Å². The second-order valence-electron chi connectivity index (χ2n) is 6.00. The largest absolute Gasteiger partial charge is 0.356 e. The second kappa shape index (κ2) is 8.83. The van der Waals surface area contributed by atoms with E-state index in [1.165, 1.54) is 10.4 Å². The van der Waals surface area contributed by atoms with Crippen molar-refractivity contribution >= 4 is 17.3 Å². The quantitative estimate of drug-likeness (QED) is 0.592. The average molecular weight is 345 g/mol. The summed E-state index contributed by atoms with van der Waals surface area (Å²) in [7, 11) is 1.81. The molecule has 0 fully saturated rings. The van der Waals surface area contributed by atoms with E-state index in [1.54, 1.807) is 11.3 Å². The molecule has 0 atom stereocenters. The minimum absolute atomic E-state index is 0.122. The molecule has 5 heteroatoms. The Morgan fingerprint density at radius 1 is 1.17 bits per heavy atom. The van der Waals surface area contributed by atoms with Gasteiger partial charge in [0, 0.05) is 30.1 Å². The summed E-state index contributed by atoms with van der Waals surface area (Å²) in [6, 6.07) is 10.8. The van der Waals surface area contributed by atoms with Crippen LogP contribution in [0.1, 0.15) is 42.1 Å². The van der Waals surface area contributed by atoms with Crippen LogP contribution in [-0.4, -0.2) is 24.5 Å². The van der Waals surface area contributed by atoms with Gasteiger partial charge < -0.3 is 10.6 Å². The molecule has 0 unspecified atom stereocenters. The standard InChI is InChI=1S/C19H28N4S/c1-5-19(6-2,16-10-8-7-9-11-16)14-23-18(20-4)22-13-17-21-12-15(3)24-17/h7-12H,5-6,13-14H2,1-4H3,(H2,20,22,23). The summed E-state index contributed by atoms with van der Waals surface area (Å²) in [5, 5.41) is 7.94. The number of rotatable bonds is 7. The molecule has 0 radical (unpaired) electrons. The lowest BCUT2D eigenvalue weighted by molar-refractivity contribution is 0.389. The summed E-state index contributed by atoms with van der Waals surface area (Å²) < 4.78 is 0. The minimum Gasteiger partial charge on any atom is -0.356 e. The van der Waals surface area contributed by atoms with Crippen LogP contribution in [0.25, 0.3) is 0 Å². The SMILES string of the molecule is CCC(CC)(CNC(=NC)NCc1ncc(C)s1)c1ccccc1. The molecule has 0 aliphatic rings. The lowest BCUT2D eigenvalue weighted by atomic mass is 9.76. The van der Waals surface area contributed by atoms with E-state index in [2.05, 4.69) is 71.7 Å².